The molecule has 0 bridgehead atoms. The van der Waals surface area contributed by atoms with Crippen LogP contribution in [0.4, 0.5) is 0 Å². The lowest BCUT2D eigenvalue weighted by Gasteiger charge is -1.99. The molecule has 0 spiro atoms. The van der Waals surface area contributed by atoms with Crippen molar-refractivity contribution in [1.82, 2.24) is 10.4 Å². The number of aromatic nitrogens is 1. The number of amides is 1. The lowest BCUT2D eigenvalue weighted by atomic mass is 10.1. The van der Waals surface area contributed by atoms with Gasteiger partial charge in [0, 0.05) is 0 Å². The Morgan fingerprint density at radius 2 is 2.00 bits per heavy atom. The number of fused-ring (bicyclic) bond motifs is 1. The number of hydrogen-bond donors (Lipinski definition) is 1. The number of carbonyl (C=O) groups is 2. The van der Waals surface area contributed by atoms with E-state index >= 15 is 0 Å². The maximum absolute atomic E-state index is 11.8. The molecule has 0 aliphatic carbocycles. The van der Waals surface area contributed by atoms with Crippen LogP contribution in [0.15, 0.2) is 63.3 Å². The lowest BCUT2D eigenvalue weighted by Crippen LogP contribution is -2.19. The van der Waals surface area contributed by atoms with Crippen LogP contribution >= 0.6 is 11.8 Å². The predicted molar refractivity (Wildman–Crippen MR) is 98.3 cm³/mol. The topological polar surface area (TPSA) is 93.8 Å². The third-order valence-corrected chi connectivity index (χ3v) is 4.16. The molecule has 1 heterocycles. The summed E-state index contributed by atoms with van der Waals surface area (Å²) in [7, 11) is 1.33. The highest BCUT2D eigenvalue weighted by Crippen LogP contribution is 2.22. The molecule has 0 aliphatic rings. The van der Waals surface area contributed by atoms with Gasteiger partial charge in [0.2, 0.25) is 0 Å². The van der Waals surface area contributed by atoms with Crippen LogP contribution in [0.2, 0.25) is 0 Å². The second-order valence-electron chi connectivity index (χ2n) is 5.14. The third kappa shape index (κ3) is 4.48. The zero-order chi connectivity index (χ0) is 18.4. The first-order valence-electron chi connectivity index (χ1n) is 7.64. The Labute approximate surface area is 153 Å². The first kappa shape index (κ1) is 17.7. The molecule has 26 heavy (non-hydrogen) atoms. The van der Waals surface area contributed by atoms with Crippen molar-refractivity contribution in [3.05, 3.63) is 59.7 Å². The lowest BCUT2D eigenvalue weighted by molar-refractivity contribution is -0.118. The standard InChI is InChI=1S/C18H15N3O4S/c1-24-17(23)13-8-6-12(7-9-13)10-19-21-16(22)11-26-18-20-14-4-2-3-5-15(14)25-18/h2-10H,11H2,1H3,(H,21,22)/b19-10-. The number of carbonyl (C=O) groups excluding carboxylic acids is 2. The predicted octanol–water partition coefficient (Wildman–Crippen LogP) is 2.86. The Bertz CT molecular complexity index is 917. The van der Waals surface area contributed by atoms with Crippen LogP contribution in [0.25, 0.3) is 11.1 Å². The minimum Gasteiger partial charge on any atom is -0.465 e. The highest BCUT2D eigenvalue weighted by molar-refractivity contribution is 7.99. The average molecular weight is 369 g/mol. The quantitative estimate of drug-likeness (QED) is 0.311. The van der Waals surface area contributed by atoms with Crippen molar-refractivity contribution >= 4 is 41.0 Å². The molecule has 2 aromatic carbocycles. The summed E-state index contributed by atoms with van der Waals surface area (Å²) in [6, 6.07) is 14.1. The number of nitrogens with zero attached hydrogens (tertiary/aromatic N) is 2. The molecule has 1 aromatic heterocycles. The van der Waals surface area contributed by atoms with Gasteiger partial charge < -0.3 is 9.15 Å². The Morgan fingerprint density at radius 1 is 1.23 bits per heavy atom. The van der Waals surface area contributed by atoms with Crippen molar-refractivity contribution in [3.63, 3.8) is 0 Å². The van der Waals surface area contributed by atoms with E-state index < -0.39 is 5.97 Å². The van der Waals surface area contributed by atoms with Gasteiger partial charge in [-0.25, -0.2) is 15.2 Å². The molecular weight excluding hydrogens is 354 g/mol. The van der Waals surface area contributed by atoms with Crippen LogP contribution < -0.4 is 5.43 Å². The van der Waals surface area contributed by atoms with E-state index in [2.05, 4.69) is 20.2 Å². The summed E-state index contributed by atoms with van der Waals surface area (Å²) < 4.78 is 10.2. The maximum atomic E-state index is 11.8. The molecule has 0 saturated heterocycles. The van der Waals surface area contributed by atoms with Crippen LogP contribution in [0, 0.1) is 0 Å². The number of esters is 1. The molecule has 132 valence electrons. The molecule has 0 aliphatic heterocycles. The molecule has 0 atom stereocenters. The molecule has 8 heteroatoms. The van der Waals surface area contributed by atoms with Gasteiger partial charge in [0.15, 0.2) is 5.58 Å². The monoisotopic (exact) mass is 369 g/mol. The van der Waals surface area contributed by atoms with Gasteiger partial charge in [-0.2, -0.15) is 5.10 Å². The van der Waals surface area contributed by atoms with E-state index in [1.54, 1.807) is 24.3 Å². The summed E-state index contributed by atoms with van der Waals surface area (Å²) in [6.45, 7) is 0. The Balaban J connectivity index is 1.48. The second kappa shape index (κ2) is 8.30. The summed E-state index contributed by atoms with van der Waals surface area (Å²) >= 11 is 1.19. The fourth-order valence-electron chi connectivity index (χ4n) is 2.07. The number of hydrazone groups is 1. The minimum absolute atomic E-state index is 0.130. The number of nitrogens with one attached hydrogen (secondary N) is 1. The second-order valence-corrected chi connectivity index (χ2v) is 6.07. The highest BCUT2D eigenvalue weighted by atomic mass is 32.2. The maximum Gasteiger partial charge on any atom is 0.337 e. The van der Waals surface area contributed by atoms with E-state index in [-0.39, 0.29) is 11.7 Å². The van der Waals surface area contributed by atoms with Crippen LogP contribution in [-0.2, 0) is 9.53 Å². The fourth-order valence-corrected chi connectivity index (χ4v) is 2.71. The van der Waals surface area contributed by atoms with E-state index in [1.165, 1.54) is 25.1 Å². The Morgan fingerprint density at radius 3 is 2.73 bits per heavy atom. The van der Waals surface area contributed by atoms with Gasteiger partial charge in [-0.1, -0.05) is 36.0 Å². The Kier molecular flexibility index (Phi) is 5.65. The molecule has 0 saturated carbocycles. The van der Waals surface area contributed by atoms with E-state index in [1.807, 2.05) is 24.3 Å². The summed E-state index contributed by atoms with van der Waals surface area (Å²) in [5.74, 6) is -0.552. The summed E-state index contributed by atoms with van der Waals surface area (Å²) in [6.07, 6.45) is 1.49. The molecule has 3 rings (SSSR count). The SMILES string of the molecule is COC(=O)c1ccc(/C=N\NC(=O)CSc2nc3ccccc3o2)cc1. The zero-order valence-corrected chi connectivity index (χ0v) is 14.7. The number of ether oxygens (including phenoxy) is 1. The summed E-state index contributed by atoms with van der Waals surface area (Å²) in [4.78, 5) is 27.5. The van der Waals surface area contributed by atoms with Gasteiger partial charge in [-0.05, 0) is 29.8 Å². The van der Waals surface area contributed by atoms with Crippen LogP contribution in [-0.4, -0.2) is 35.9 Å². The highest BCUT2D eigenvalue weighted by Gasteiger charge is 2.08. The molecule has 0 fully saturated rings. The summed E-state index contributed by atoms with van der Waals surface area (Å²) in [5, 5.41) is 4.32. The molecule has 0 radical (unpaired) electrons. The van der Waals surface area contributed by atoms with E-state index in [4.69, 9.17) is 4.42 Å². The van der Waals surface area contributed by atoms with E-state index in [9.17, 15) is 9.59 Å². The molecular formula is C18H15N3O4S. The zero-order valence-electron chi connectivity index (χ0n) is 13.8. The number of thioether (sulfide) groups is 1. The fraction of sp³-hybridized carbons (Fsp3) is 0.111. The van der Waals surface area contributed by atoms with Crippen LogP contribution in [0.1, 0.15) is 15.9 Å². The normalized spacial score (nSPS) is 11.0. The van der Waals surface area contributed by atoms with E-state index in [0.717, 1.165) is 11.1 Å². The van der Waals surface area contributed by atoms with Crippen LogP contribution in [0.3, 0.4) is 0 Å². The van der Waals surface area contributed by atoms with Gasteiger partial charge in [0.25, 0.3) is 11.1 Å². The molecule has 1 amide bonds. The van der Waals surface area contributed by atoms with Gasteiger partial charge >= 0.3 is 5.97 Å². The molecule has 7 nitrogen and oxygen atoms in total. The van der Waals surface area contributed by atoms with Crippen molar-refractivity contribution in [1.29, 1.82) is 0 Å². The number of benzene rings is 2. The molecule has 0 unspecified atom stereocenters. The van der Waals surface area contributed by atoms with Gasteiger partial charge in [-0.3, -0.25) is 4.79 Å². The minimum atomic E-state index is -0.405. The first-order chi connectivity index (χ1) is 12.7. The number of para-hydroxylation sites is 2. The Hall–Kier alpha value is -3.13. The van der Waals surface area contributed by atoms with Crippen molar-refractivity contribution in [2.45, 2.75) is 5.22 Å². The largest absolute Gasteiger partial charge is 0.465 e. The van der Waals surface area contributed by atoms with Crippen molar-refractivity contribution < 1.29 is 18.7 Å². The van der Waals surface area contributed by atoms with Crippen molar-refractivity contribution in [3.8, 4) is 0 Å². The summed E-state index contributed by atoms with van der Waals surface area (Å²) in [5.41, 5.74) is 5.06. The van der Waals surface area contributed by atoms with E-state index in [0.29, 0.717) is 16.4 Å². The number of hydrogen-bond acceptors (Lipinski definition) is 7. The third-order valence-electron chi connectivity index (χ3n) is 3.34. The number of rotatable bonds is 6. The smallest absolute Gasteiger partial charge is 0.337 e. The number of oxazole rings is 1. The first-order valence-corrected chi connectivity index (χ1v) is 8.63. The molecule has 1 N–H and O–H groups in total. The molecule has 3 aromatic rings. The van der Waals surface area contributed by atoms with Crippen molar-refractivity contribution in [2.75, 3.05) is 12.9 Å². The van der Waals surface area contributed by atoms with Gasteiger partial charge in [0.05, 0.1) is 24.6 Å². The van der Waals surface area contributed by atoms with Crippen LogP contribution in [0.5, 0.6) is 0 Å². The van der Waals surface area contributed by atoms with Gasteiger partial charge in [-0.15, -0.1) is 0 Å². The van der Waals surface area contributed by atoms with Crippen molar-refractivity contribution in [2.24, 2.45) is 5.10 Å². The number of methoxy groups -OCH3 is 1. The average Bonchev–Trinajstić information content (AvgIpc) is 3.09. The van der Waals surface area contributed by atoms with Gasteiger partial charge in [0.1, 0.15) is 5.52 Å².